The van der Waals surface area contributed by atoms with Gasteiger partial charge >= 0.3 is 0 Å². The van der Waals surface area contributed by atoms with Crippen LogP contribution in [0.4, 0.5) is 0 Å². The van der Waals surface area contributed by atoms with Crippen LogP contribution in [0, 0.1) is 0 Å². The van der Waals surface area contributed by atoms with E-state index in [9.17, 15) is 0 Å². The molecule has 0 spiro atoms. The molecule has 1 unspecified atom stereocenters. The summed E-state index contributed by atoms with van der Waals surface area (Å²) in [6, 6.07) is 12.4. The van der Waals surface area contributed by atoms with Gasteiger partial charge in [-0.05, 0) is 29.8 Å². The number of benzene rings is 2. The summed E-state index contributed by atoms with van der Waals surface area (Å²) in [4.78, 5) is 0. The number of hydrogen-bond donors (Lipinski definition) is 2. The Hall–Kier alpha value is -0.770. The molecular weight excluding hydrogens is 291 g/mol. The molecule has 0 aliphatic carbocycles. The third kappa shape index (κ3) is 2.79. The van der Waals surface area contributed by atoms with E-state index < -0.39 is 0 Å². The lowest BCUT2D eigenvalue weighted by Gasteiger charge is -2.19. The van der Waals surface area contributed by atoms with Crippen molar-refractivity contribution in [3.05, 3.63) is 68.7 Å². The Morgan fingerprint density at radius 1 is 0.944 bits per heavy atom. The molecule has 5 heteroatoms. The monoisotopic (exact) mass is 300 g/mol. The molecule has 2 rings (SSSR count). The van der Waals surface area contributed by atoms with E-state index in [1.165, 1.54) is 0 Å². The van der Waals surface area contributed by atoms with Crippen molar-refractivity contribution in [3.8, 4) is 0 Å². The van der Waals surface area contributed by atoms with Gasteiger partial charge in [0.2, 0.25) is 0 Å². The van der Waals surface area contributed by atoms with Crippen LogP contribution in [0.1, 0.15) is 17.2 Å². The molecule has 18 heavy (non-hydrogen) atoms. The summed E-state index contributed by atoms with van der Waals surface area (Å²) in [5, 5.41) is 1.76. The van der Waals surface area contributed by atoms with Crippen molar-refractivity contribution in [3.63, 3.8) is 0 Å². The molecule has 0 bridgehead atoms. The van der Waals surface area contributed by atoms with Crippen LogP contribution >= 0.6 is 34.8 Å². The molecule has 3 N–H and O–H groups in total. The average molecular weight is 302 g/mol. The van der Waals surface area contributed by atoms with E-state index in [4.69, 9.17) is 40.6 Å². The van der Waals surface area contributed by atoms with Gasteiger partial charge in [-0.15, -0.1) is 0 Å². The number of nitrogens with one attached hydrogen (secondary N) is 1. The summed E-state index contributed by atoms with van der Waals surface area (Å²) >= 11 is 18.3. The first kappa shape index (κ1) is 13.7. The first-order valence-corrected chi connectivity index (χ1v) is 6.42. The second-order valence-corrected chi connectivity index (χ2v) is 5.04. The molecular formula is C13H11Cl3N2. The smallest absolute Gasteiger partial charge is 0.0739 e. The normalized spacial score (nSPS) is 12.4. The topological polar surface area (TPSA) is 38.0 Å². The van der Waals surface area contributed by atoms with Crippen molar-refractivity contribution >= 4 is 34.8 Å². The van der Waals surface area contributed by atoms with Crippen LogP contribution in [0.2, 0.25) is 15.1 Å². The Kier molecular flexibility index (Phi) is 4.49. The molecule has 0 radical (unpaired) electrons. The third-order valence-electron chi connectivity index (χ3n) is 2.64. The second kappa shape index (κ2) is 5.91. The highest BCUT2D eigenvalue weighted by atomic mass is 35.5. The Balaban J connectivity index is 2.52. The number of rotatable bonds is 3. The standard InChI is InChI=1S/C13H11Cl3N2/c14-9-4-1-3-8(7-9)13(18-17)12-10(15)5-2-6-11(12)16/h1-7,13,18H,17H2. The van der Waals surface area contributed by atoms with Gasteiger partial charge in [-0.25, -0.2) is 5.43 Å². The summed E-state index contributed by atoms with van der Waals surface area (Å²) in [6.45, 7) is 0. The van der Waals surface area contributed by atoms with Gasteiger partial charge in [0.15, 0.2) is 0 Å². The minimum absolute atomic E-state index is 0.301. The largest absolute Gasteiger partial charge is 0.271 e. The zero-order valence-electron chi connectivity index (χ0n) is 9.33. The van der Waals surface area contributed by atoms with Crippen LogP contribution in [0.15, 0.2) is 42.5 Å². The van der Waals surface area contributed by atoms with Gasteiger partial charge in [0, 0.05) is 20.6 Å². The quantitative estimate of drug-likeness (QED) is 0.658. The van der Waals surface area contributed by atoms with E-state index in [2.05, 4.69) is 5.43 Å². The van der Waals surface area contributed by atoms with Crippen LogP contribution in [0.25, 0.3) is 0 Å². The summed E-state index contributed by atoms with van der Waals surface area (Å²) in [5.41, 5.74) is 4.36. The molecule has 0 fully saturated rings. The zero-order chi connectivity index (χ0) is 13.1. The van der Waals surface area contributed by atoms with Crippen LogP contribution in [-0.4, -0.2) is 0 Å². The minimum Gasteiger partial charge on any atom is -0.271 e. The van der Waals surface area contributed by atoms with Crippen LogP contribution in [-0.2, 0) is 0 Å². The van der Waals surface area contributed by atoms with E-state index >= 15 is 0 Å². The molecule has 1 atom stereocenters. The lowest BCUT2D eigenvalue weighted by molar-refractivity contribution is 0.637. The summed E-state index contributed by atoms with van der Waals surface area (Å²) < 4.78 is 0. The Morgan fingerprint density at radius 2 is 1.56 bits per heavy atom. The first-order valence-electron chi connectivity index (χ1n) is 5.29. The lowest BCUT2D eigenvalue weighted by Crippen LogP contribution is -2.29. The Labute approximate surface area is 121 Å². The maximum atomic E-state index is 6.18. The van der Waals surface area contributed by atoms with Gasteiger partial charge in [-0.1, -0.05) is 53.0 Å². The van der Waals surface area contributed by atoms with Crippen LogP contribution < -0.4 is 11.3 Å². The average Bonchev–Trinajstić information content (AvgIpc) is 2.34. The van der Waals surface area contributed by atoms with E-state index in [0.717, 1.165) is 11.1 Å². The molecule has 94 valence electrons. The number of hydrazine groups is 1. The fourth-order valence-corrected chi connectivity index (χ4v) is 2.63. The van der Waals surface area contributed by atoms with Crippen molar-refractivity contribution in [2.24, 2.45) is 5.84 Å². The summed E-state index contributed by atoms with van der Waals surface area (Å²) in [6.07, 6.45) is 0. The highest BCUT2D eigenvalue weighted by Crippen LogP contribution is 2.34. The highest BCUT2D eigenvalue weighted by Gasteiger charge is 2.18. The number of nitrogens with two attached hydrogens (primary N) is 1. The van der Waals surface area contributed by atoms with Gasteiger partial charge in [-0.3, -0.25) is 5.84 Å². The molecule has 0 amide bonds. The maximum absolute atomic E-state index is 6.18. The molecule has 0 saturated carbocycles. The SMILES string of the molecule is NNC(c1cccc(Cl)c1)c1c(Cl)cccc1Cl. The molecule has 2 aromatic carbocycles. The van der Waals surface area contributed by atoms with Gasteiger partial charge in [0.25, 0.3) is 0 Å². The fourth-order valence-electron chi connectivity index (χ4n) is 1.82. The molecule has 2 aromatic rings. The first-order chi connectivity index (χ1) is 8.63. The second-order valence-electron chi connectivity index (χ2n) is 3.79. The predicted octanol–water partition coefficient (Wildman–Crippen LogP) is 4.20. The van der Waals surface area contributed by atoms with Gasteiger partial charge in [-0.2, -0.15) is 0 Å². The van der Waals surface area contributed by atoms with Gasteiger partial charge in [0.05, 0.1) is 6.04 Å². The summed E-state index contributed by atoms with van der Waals surface area (Å²) in [7, 11) is 0. The minimum atomic E-state index is -0.301. The molecule has 0 aromatic heterocycles. The van der Waals surface area contributed by atoms with Gasteiger partial charge in [0.1, 0.15) is 0 Å². The van der Waals surface area contributed by atoms with E-state index in [-0.39, 0.29) is 6.04 Å². The van der Waals surface area contributed by atoms with E-state index in [1.807, 2.05) is 18.2 Å². The third-order valence-corrected chi connectivity index (χ3v) is 3.53. The molecule has 2 nitrogen and oxygen atoms in total. The molecule has 0 aliphatic rings. The van der Waals surface area contributed by atoms with Crippen molar-refractivity contribution in [2.75, 3.05) is 0 Å². The number of hydrogen-bond acceptors (Lipinski definition) is 2. The molecule has 0 saturated heterocycles. The lowest BCUT2D eigenvalue weighted by atomic mass is 9.99. The maximum Gasteiger partial charge on any atom is 0.0739 e. The van der Waals surface area contributed by atoms with Crippen molar-refractivity contribution in [1.29, 1.82) is 0 Å². The van der Waals surface area contributed by atoms with E-state index in [1.54, 1.807) is 24.3 Å². The zero-order valence-corrected chi connectivity index (χ0v) is 11.6. The number of halogens is 3. The fraction of sp³-hybridized carbons (Fsp3) is 0.0769. The Morgan fingerprint density at radius 3 is 2.11 bits per heavy atom. The van der Waals surface area contributed by atoms with Crippen LogP contribution in [0.3, 0.4) is 0 Å². The highest BCUT2D eigenvalue weighted by molar-refractivity contribution is 6.36. The summed E-state index contributed by atoms with van der Waals surface area (Å²) in [5.74, 6) is 5.61. The van der Waals surface area contributed by atoms with E-state index in [0.29, 0.717) is 15.1 Å². The Bertz CT molecular complexity index is 537. The van der Waals surface area contributed by atoms with Crippen molar-refractivity contribution in [1.82, 2.24) is 5.43 Å². The predicted molar refractivity (Wildman–Crippen MR) is 77.1 cm³/mol. The van der Waals surface area contributed by atoms with Crippen molar-refractivity contribution in [2.45, 2.75) is 6.04 Å². The van der Waals surface area contributed by atoms with Crippen LogP contribution in [0.5, 0.6) is 0 Å². The molecule has 0 heterocycles. The molecule has 0 aliphatic heterocycles. The van der Waals surface area contributed by atoms with Crippen molar-refractivity contribution < 1.29 is 0 Å². The van der Waals surface area contributed by atoms with Gasteiger partial charge < -0.3 is 0 Å².